The molecule has 5 N–H and O–H groups in total. The minimum absolute atomic E-state index is 0.0131. The maximum atomic E-state index is 11.8. The van der Waals surface area contributed by atoms with E-state index in [0.29, 0.717) is 0 Å². The van der Waals surface area contributed by atoms with Gasteiger partial charge in [-0.1, -0.05) is 0 Å². The van der Waals surface area contributed by atoms with E-state index in [0.717, 1.165) is 0 Å². The first-order chi connectivity index (χ1) is 11.5. The predicted molar refractivity (Wildman–Crippen MR) is 79.5 cm³/mol. The van der Waals surface area contributed by atoms with E-state index in [1.165, 1.54) is 10.9 Å². The number of nitrogen functional groups attached to an aromatic ring is 1. The van der Waals surface area contributed by atoms with Crippen molar-refractivity contribution in [2.24, 2.45) is 0 Å². The summed E-state index contributed by atoms with van der Waals surface area (Å²) in [6, 6.07) is 1.93. The Bertz CT molecular complexity index is 826. The normalized spacial score (nSPS) is 26.7. The zero-order valence-electron chi connectivity index (χ0n) is 12.5. The molecule has 11 nitrogen and oxygen atoms in total. The summed E-state index contributed by atoms with van der Waals surface area (Å²) < 4.78 is 12.2. The van der Waals surface area contributed by atoms with Crippen LogP contribution in [0.25, 0.3) is 11.2 Å². The van der Waals surface area contributed by atoms with E-state index in [1.807, 2.05) is 6.07 Å². The molecule has 0 spiro atoms. The first-order valence-electron chi connectivity index (χ1n) is 7.21. The molecule has 0 amide bonds. The number of fused-ring (bicyclic) bond motifs is 1. The lowest BCUT2D eigenvalue weighted by molar-refractivity contribution is -0.0647. The average Bonchev–Trinajstić information content (AvgIpc) is 3.07. The number of aliphatic hydroxyl groups excluding tert-OH is 2. The first kappa shape index (κ1) is 16.3. The Morgan fingerprint density at radius 1 is 1.50 bits per heavy atom. The minimum atomic E-state index is -1.27. The number of imidazole rings is 1. The van der Waals surface area contributed by atoms with Crippen molar-refractivity contribution >= 4 is 17.1 Å². The molecule has 3 rings (SSSR count). The van der Waals surface area contributed by atoms with Crippen molar-refractivity contribution < 1.29 is 19.7 Å². The van der Waals surface area contributed by atoms with Crippen LogP contribution in [0.15, 0.2) is 11.1 Å². The van der Waals surface area contributed by atoms with Crippen LogP contribution in [-0.2, 0) is 9.47 Å². The molecular weight excluding hydrogens is 320 g/mol. The number of nitrogens with zero attached hydrogens (tertiary/aromatic N) is 4. The summed E-state index contributed by atoms with van der Waals surface area (Å²) in [6.45, 7) is 0.213. The van der Waals surface area contributed by atoms with Gasteiger partial charge in [0, 0.05) is 0 Å². The van der Waals surface area contributed by atoms with E-state index >= 15 is 0 Å². The van der Waals surface area contributed by atoms with Crippen LogP contribution >= 0.6 is 0 Å². The monoisotopic (exact) mass is 336 g/mol. The van der Waals surface area contributed by atoms with Crippen molar-refractivity contribution in [2.75, 3.05) is 18.9 Å². The van der Waals surface area contributed by atoms with E-state index in [4.69, 9.17) is 20.5 Å². The molecule has 2 aromatic heterocycles. The fourth-order valence-corrected chi connectivity index (χ4v) is 2.54. The van der Waals surface area contributed by atoms with Crippen molar-refractivity contribution in [2.45, 2.75) is 31.0 Å². The van der Waals surface area contributed by atoms with Crippen LogP contribution < -0.4 is 11.3 Å². The third kappa shape index (κ3) is 2.83. The van der Waals surface area contributed by atoms with E-state index in [1.54, 1.807) is 0 Å². The molecule has 0 aliphatic carbocycles. The average molecular weight is 336 g/mol. The van der Waals surface area contributed by atoms with Crippen molar-refractivity contribution in [1.29, 1.82) is 5.26 Å². The number of nitrogens with one attached hydrogen (secondary N) is 1. The number of hydrogen-bond acceptors (Lipinski definition) is 9. The molecule has 3 heterocycles. The molecule has 0 saturated carbocycles. The minimum Gasteiger partial charge on any atom is -0.387 e. The molecule has 1 saturated heterocycles. The highest BCUT2D eigenvalue weighted by Gasteiger charge is 2.44. The molecule has 11 heteroatoms. The Morgan fingerprint density at radius 3 is 3.04 bits per heavy atom. The third-order valence-electron chi connectivity index (χ3n) is 3.70. The number of aromatic nitrogens is 4. The number of hydrogen-bond donors (Lipinski definition) is 4. The van der Waals surface area contributed by atoms with Gasteiger partial charge in [-0.15, -0.1) is 0 Å². The summed E-state index contributed by atoms with van der Waals surface area (Å²) in [5.74, 6) is -0.0985. The summed E-state index contributed by atoms with van der Waals surface area (Å²) in [4.78, 5) is 22.0. The van der Waals surface area contributed by atoms with Crippen LogP contribution in [0.4, 0.5) is 5.95 Å². The largest absolute Gasteiger partial charge is 0.387 e. The van der Waals surface area contributed by atoms with Crippen LogP contribution in [0.5, 0.6) is 0 Å². The Hall–Kier alpha value is -2.52. The lowest BCUT2D eigenvalue weighted by atomic mass is 10.1. The number of ether oxygens (including phenoxy) is 2. The maximum Gasteiger partial charge on any atom is 0.280 e. The van der Waals surface area contributed by atoms with Gasteiger partial charge in [-0.2, -0.15) is 10.2 Å². The lowest BCUT2D eigenvalue weighted by Gasteiger charge is -2.16. The number of nitrogens with two attached hydrogens (primary N) is 1. The van der Waals surface area contributed by atoms with Crippen molar-refractivity contribution in [3.63, 3.8) is 0 Å². The molecule has 24 heavy (non-hydrogen) atoms. The molecule has 2 aromatic rings. The highest BCUT2D eigenvalue weighted by Crippen LogP contribution is 2.31. The topological polar surface area (TPSA) is 172 Å². The summed E-state index contributed by atoms with van der Waals surface area (Å²) in [7, 11) is 0. The smallest absolute Gasteiger partial charge is 0.280 e. The van der Waals surface area contributed by atoms with Crippen LogP contribution in [-0.4, -0.2) is 61.3 Å². The van der Waals surface area contributed by atoms with E-state index in [-0.39, 0.29) is 36.7 Å². The van der Waals surface area contributed by atoms with Crippen LogP contribution in [0.1, 0.15) is 12.6 Å². The molecule has 1 aliphatic heterocycles. The highest BCUT2D eigenvalue weighted by atomic mass is 16.6. The van der Waals surface area contributed by atoms with Gasteiger partial charge in [0.2, 0.25) is 5.95 Å². The second-order valence-corrected chi connectivity index (χ2v) is 5.30. The molecule has 0 aromatic carbocycles. The van der Waals surface area contributed by atoms with E-state index in [9.17, 15) is 15.0 Å². The summed E-state index contributed by atoms with van der Waals surface area (Å²) in [6.07, 6.45) is -2.76. The second-order valence-electron chi connectivity index (χ2n) is 5.30. The Balaban J connectivity index is 1.83. The zero-order valence-corrected chi connectivity index (χ0v) is 12.5. The molecular formula is C13H16N6O5. The Kier molecular flexibility index (Phi) is 4.45. The van der Waals surface area contributed by atoms with Gasteiger partial charge in [-0.25, -0.2) is 4.98 Å². The fraction of sp³-hybridized carbons (Fsp3) is 0.538. The van der Waals surface area contributed by atoms with Crippen molar-refractivity contribution in [3.8, 4) is 6.07 Å². The highest BCUT2D eigenvalue weighted by molar-refractivity contribution is 5.70. The summed E-state index contributed by atoms with van der Waals surface area (Å²) in [5.41, 5.74) is 5.20. The standard InChI is InChI=1S/C13H16N6O5/c14-2-1-3-23-4-6-8(20)9(21)12(24-6)19-5-16-7-10(19)17-13(15)18-11(7)22/h5-6,8-9,12,20-21H,1,3-4H2,(H3,15,17,18,22)/t6-,8-,9-,12-/m1/s1. The summed E-state index contributed by atoms with van der Waals surface area (Å²) in [5, 5.41) is 28.8. The number of nitriles is 1. The first-order valence-corrected chi connectivity index (χ1v) is 7.21. The Morgan fingerprint density at radius 2 is 2.29 bits per heavy atom. The van der Waals surface area contributed by atoms with Crippen LogP contribution in [0.2, 0.25) is 0 Å². The molecule has 1 aliphatic rings. The molecule has 0 radical (unpaired) electrons. The molecule has 1 fully saturated rings. The van der Waals surface area contributed by atoms with Gasteiger partial charge in [0.15, 0.2) is 17.4 Å². The van der Waals surface area contributed by atoms with Gasteiger partial charge in [0.1, 0.15) is 18.3 Å². The molecule has 0 unspecified atom stereocenters. The Labute approximate surface area is 135 Å². The number of rotatable bonds is 5. The third-order valence-corrected chi connectivity index (χ3v) is 3.70. The SMILES string of the molecule is N#CCCOC[C@H]1O[C@@H](n2cnc3c(=O)[nH]c(N)nc32)[C@H](O)[C@@H]1O. The van der Waals surface area contributed by atoms with Crippen molar-refractivity contribution in [3.05, 3.63) is 16.7 Å². The lowest BCUT2D eigenvalue weighted by Crippen LogP contribution is -2.34. The quantitative estimate of drug-likeness (QED) is 0.462. The van der Waals surface area contributed by atoms with Gasteiger partial charge < -0.3 is 25.4 Å². The van der Waals surface area contributed by atoms with E-state index < -0.39 is 30.1 Å². The fourth-order valence-electron chi connectivity index (χ4n) is 2.54. The predicted octanol–water partition coefficient (Wildman–Crippen LogP) is -1.75. The van der Waals surface area contributed by atoms with Gasteiger partial charge in [-0.3, -0.25) is 14.3 Å². The number of aliphatic hydroxyl groups is 2. The number of H-pyrrole nitrogens is 1. The second kappa shape index (κ2) is 6.54. The molecule has 0 bridgehead atoms. The van der Waals surface area contributed by atoms with Gasteiger partial charge in [-0.05, 0) is 0 Å². The van der Waals surface area contributed by atoms with Gasteiger partial charge >= 0.3 is 0 Å². The number of aromatic amines is 1. The summed E-state index contributed by atoms with van der Waals surface area (Å²) >= 11 is 0. The van der Waals surface area contributed by atoms with Crippen molar-refractivity contribution in [1.82, 2.24) is 19.5 Å². The van der Waals surface area contributed by atoms with Crippen LogP contribution in [0.3, 0.4) is 0 Å². The van der Waals surface area contributed by atoms with Gasteiger partial charge in [0.05, 0.1) is 32.0 Å². The number of anilines is 1. The van der Waals surface area contributed by atoms with Gasteiger partial charge in [0.25, 0.3) is 5.56 Å². The maximum absolute atomic E-state index is 11.8. The zero-order chi connectivity index (χ0) is 17.3. The van der Waals surface area contributed by atoms with E-state index in [2.05, 4.69) is 15.0 Å². The van der Waals surface area contributed by atoms with Crippen LogP contribution in [0, 0.1) is 11.3 Å². The molecule has 128 valence electrons. The molecule has 4 atom stereocenters.